The average Bonchev–Trinajstić information content (AvgIpc) is 2.54. The van der Waals surface area contributed by atoms with Gasteiger partial charge in [0.05, 0.1) is 19.8 Å². The lowest BCUT2D eigenvalue weighted by atomic mass is 10.1. The highest BCUT2D eigenvalue weighted by Crippen LogP contribution is 2.40. The summed E-state index contributed by atoms with van der Waals surface area (Å²) in [5.41, 5.74) is 0.547. The van der Waals surface area contributed by atoms with E-state index in [9.17, 15) is 9.90 Å². The fourth-order valence-corrected chi connectivity index (χ4v) is 1.60. The van der Waals surface area contributed by atoms with Crippen LogP contribution in [0.15, 0.2) is 12.1 Å². The molecule has 1 N–H and O–H groups in total. The van der Waals surface area contributed by atoms with Crippen LogP contribution in [0.5, 0.6) is 11.5 Å². The minimum atomic E-state index is -1.28. The number of hydrogen-bond acceptors (Lipinski definition) is 5. The molecule has 1 aromatic rings. The number of benzene rings is 1. The van der Waals surface area contributed by atoms with Crippen molar-refractivity contribution >= 4 is 5.97 Å². The first-order valence-corrected chi connectivity index (χ1v) is 4.33. The molecule has 0 saturated carbocycles. The van der Waals surface area contributed by atoms with Gasteiger partial charge >= 0.3 is 5.97 Å². The van der Waals surface area contributed by atoms with Crippen molar-refractivity contribution in [2.24, 2.45) is 0 Å². The van der Waals surface area contributed by atoms with Gasteiger partial charge in [0, 0.05) is 0 Å². The molecule has 1 aliphatic rings. The summed E-state index contributed by atoms with van der Waals surface area (Å²) in [5.74, 6) is 0.171. The van der Waals surface area contributed by atoms with E-state index >= 15 is 0 Å². The molecule has 1 aliphatic heterocycles. The van der Waals surface area contributed by atoms with Crippen molar-refractivity contribution in [3.8, 4) is 11.5 Å². The van der Waals surface area contributed by atoms with Crippen LogP contribution < -0.4 is 9.47 Å². The first-order chi connectivity index (χ1) is 7.19. The third-order valence-electron chi connectivity index (χ3n) is 2.28. The van der Waals surface area contributed by atoms with Gasteiger partial charge in [-0.25, -0.2) is 4.79 Å². The summed E-state index contributed by atoms with van der Waals surface area (Å²) < 4.78 is 14.7. The lowest BCUT2D eigenvalue weighted by Gasteiger charge is -2.09. The number of aliphatic hydroxyl groups is 1. The van der Waals surface area contributed by atoms with Crippen LogP contribution in [-0.2, 0) is 4.74 Å². The Hall–Kier alpha value is -1.75. The molecule has 5 nitrogen and oxygen atoms in total. The lowest BCUT2D eigenvalue weighted by molar-refractivity contribution is -0.0555. The van der Waals surface area contributed by atoms with Crippen LogP contribution in [0, 0.1) is 0 Å². The number of carbonyl (C=O) groups is 1. The van der Waals surface area contributed by atoms with Gasteiger partial charge in [0.25, 0.3) is 0 Å². The summed E-state index contributed by atoms with van der Waals surface area (Å²) in [7, 11) is 2.90. The summed E-state index contributed by atoms with van der Waals surface area (Å²) in [4.78, 5) is 11.4. The zero-order valence-corrected chi connectivity index (χ0v) is 8.31. The molecule has 0 fully saturated rings. The standard InChI is InChI=1S/C10H10O5/c1-13-5-3-4-6(14-2)8-7(5)9(11)15-10(8)12/h3-4,9,11H,1-2H3/t9-/m1/s1. The van der Waals surface area contributed by atoms with Gasteiger partial charge < -0.3 is 19.3 Å². The Bertz CT molecular complexity index is 413. The Labute approximate surface area is 86.2 Å². The normalized spacial score (nSPS) is 18.3. The lowest BCUT2D eigenvalue weighted by Crippen LogP contribution is -1.99. The zero-order chi connectivity index (χ0) is 11.0. The van der Waals surface area contributed by atoms with Crippen LogP contribution in [0.3, 0.4) is 0 Å². The summed E-state index contributed by atoms with van der Waals surface area (Å²) >= 11 is 0. The van der Waals surface area contributed by atoms with Gasteiger partial charge in [0.1, 0.15) is 17.1 Å². The molecule has 0 aromatic heterocycles. The SMILES string of the molecule is COc1ccc(OC)c2c1C(=O)O[C@H]2O. The maximum atomic E-state index is 11.4. The number of ether oxygens (including phenoxy) is 3. The Morgan fingerprint density at radius 3 is 2.47 bits per heavy atom. The Balaban J connectivity index is 2.67. The number of fused-ring (bicyclic) bond motifs is 1. The van der Waals surface area contributed by atoms with Crippen molar-refractivity contribution in [2.45, 2.75) is 6.29 Å². The average molecular weight is 210 g/mol. The minimum Gasteiger partial charge on any atom is -0.496 e. The number of hydrogen-bond donors (Lipinski definition) is 1. The Morgan fingerprint density at radius 2 is 1.87 bits per heavy atom. The van der Waals surface area contributed by atoms with E-state index in [1.54, 1.807) is 12.1 Å². The molecule has 0 spiro atoms. The molecule has 1 heterocycles. The summed E-state index contributed by atoms with van der Waals surface area (Å²) in [5, 5.41) is 9.51. The van der Waals surface area contributed by atoms with Gasteiger partial charge in [-0.15, -0.1) is 0 Å². The Morgan fingerprint density at radius 1 is 1.27 bits per heavy atom. The fraction of sp³-hybridized carbons (Fsp3) is 0.300. The molecule has 0 saturated heterocycles. The van der Waals surface area contributed by atoms with Gasteiger partial charge in [-0.1, -0.05) is 0 Å². The molecule has 1 aromatic carbocycles. The topological polar surface area (TPSA) is 65.0 Å². The predicted molar refractivity (Wildman–Crippen MR) is 49.9 cm³/mol. The molecule has 0 radical (unpaired) electrons. The fourth-order valence-electron chi connectivity index (χ4n) is 1.60. The molecule has 0 aliphatic carbocycles. The number of methoxy groups -OCH3 is 2. The highest BCUT2D eigenvalue weighted by Gasteiger charge is 2.35. The number of aliphatic hydroxyl groups excluding tert-OH is 1. The molecule has 0 bridgehead atoms. The Kier molecular flexibility index (Phi) is 2.24. The quantitative estimate of drug-likeness (QED) is 0.733. The van der Waals surface area contributed by atoms with E-state index in [0.29, 0.717) is 17.1 Å². The van der Waals surface area contributed by atoms with Gasteiger partial charge in [-0.3, -0.25) is 0 Å². The number of esters is 1. The second-order valence-electron chi connectivity index (χ2n) is 3.02. The van der Waals surface area contributed by atoms with Crippen LogP contribution >= 0.6 is 0 Å². The van der Waals surface area contributed by atoms with Crippen LogP contribution in [0.1, 0.15) is 22.2 Å². The van der Waals surface area contributed by atoms with Gasteiger partial charge in [0.15, 0.2) is 0 Å². The molecule has 5 heteroatoms. The number of carbonyl (C=O) groups excluding carboxylic acids is 1. The minimum absolute atomic E-state index is 0.226. The highest BCUT2D eigenvalue weighted by atomic mass is 16.6. The first-order valence-electron chi connectivity index (χ1n) is 4.33. The third-order valence-corrected chi connectivity index (χ3v) is 2.28. The van der Waals surface area contributed by atoms with Gasteiger partial charge in [0.2, 0.25) is 6.29 Å². The van der Waals surface area contributed by atoms with Crippen molar-refractivity contribution < 1.29 is 24.1 Å². The summed E-state index contributed by atoms with van der Waals surface area (Å²) in [6, 6.07) is 3.21. The van der Waals surface area contributed by atoms with Crippen LogP contribution in [0.4, 0.5) is 0 Å². The van der Waals surface area contributed by atoms with Crippen LogP contribution in [-0.4, -0.2) is 25.3 Å². The maximum Gasteiger partial charge on any atom is 0.345 e. The predicted octanol–water partition coefficient (Wildman–Crippen LogP) is 0.865. The molecule has 15 heavy (non-hydrogen) atoms. The van der Waals surface area contributed by atoms with Crippen LogP contribution in [0.25, 0.3) is 0 Å². The van der Waals surface area contributed by atoms with Gasteiger partial charge in [-0.05, 0) is 12.1 Å². The van der Waals surface area contributed by atoms with E-state index in [1.165, 1.54) is 14.2 Å². The van der Waals surface area contributed by atoms with Gasteiger partial charge in [-0.2, -0.15) is 0 Å². The summed E-state index contributed by atoms with van der Waals surface area (Å²) in [6.07, 6.45) is -1.28. The number of rotatable bonds is 2. The first kappa shape index (κ1) is 9.79. The molecule has 0 amide bonds. The molecular formula is C10H10O5. The second-order valence-corrected chi connectivity index (χ2v) is 3.02. The zero-order valence-electron chi connectivity index (χ0n) is 8.31. The third kappa shape index (κ3) is 1.32. The van der Waals surface area contributed by atoms with E-state index in [-0.39, 0.29) is 5.56 Å². The van der Waals surface area contributed by atoms with Crippen molar-refractivity contribution in [3.05, 3.63) is 23.3 Å². The molecule has 2 rings (SSSR count). The monoisotopic (exact) mass is 210 g/mol. The molecule has 1 atom stereocenters. The molecule has 80 valence electrons. The van der Waals surface area contributed by atoms with Crippen molar-refractivity contribution in [1.82, 2.24) is 0 Å². The maximum absolute atomic E-state index is 11.4. The van der Waals surface area contributed by atoms with E-state index in [4.69, 9.17) is 9.47 Å². The van der Waals surface area contributed by atoms with E-state index in [0.717, 1.165) is 0 Å². The van der Waals surface area contributed by atoms with E-state index in [1.807, 2.05) is 0 Å². The highest BCUT2D eigenvalue weighted by molar-refractivity contribution is 5.97. The molecular weight excluding hydrogens is 200 g/mol. The second kappa shape index (κ2) is 3.43. The van der Waals surface area contributed by atoms with E-state index in [2.05, 4.69) is 4.74 Å². The van der Waals surface area contributed by atoms with Crippen molar-refractivity contribution in [3.63, 3.8) is 0 Å². The molecule has 0 unspecified atom stereocenters. The smallest absolute Gasteiger partial charge is 0.345 e. The largest absolute Gasteiger partial charge is 0.496 e. The van der Waals surface area contributed by atoms with Crippen molar-refractivity contribution in [2.75, 3.05) is 14.2 Å². The van der Waals surface area contributed by atoms with Crippen LogP contribution in [0.2, 0.25) is 0 Å². The van der Waals surface area contributed by atoms with Crippen molar-refractivity contribution in [1.29, 1.82) is 0 Å². The van der Waals surface area contributed by atoms with E-state index < -0.39 is 12.3 Å². The number of cyclic esters (lactones) is 1. The summed E-state index contributed by atoms with van der Waals surface area (Å²) in [6.45, 7) is 0.